The summed E-state index contributed by atoms with van der Waals surface area (Å²) >= 11 is 0. The van der Waals surface area contributed by atoms with Crippen molar-refractivity contribution in [2.45, 2.75) is 88.4 Å². The summed E-state index contributed by atoms with van der Waals surface area (Å²) in [4.78, 5) is 21.5. The Labute approximate surface area is 226 Å². The van der Waals surface area contributed by atoms with E-state index in [9.17, 15) is 62.3 Å². The average molecular weight is 654 g/mol. The third kappa shape index (κ3) is 8.15. The molecule has 41 heavy (non-hydrogen) atoms. The molecule has 0 rings (SSSR count). The SMILES string of the molecule is CCO[Si](CCCN(C(=O)CCCC(=O)O)C(F)(C(F)(F)F)C(F)(F)C(F)(F)C(F)(F)C(F)(F)F)(OCC)OCC. The Morgan fingerprint density at radius 2 is 1.10 bits per heavy atom. The molecule has 0 aliphatic rings. The Morgan fingerprint density at radius 3 is 1.44 bits per heavy atom. The van der Waals surface area contributed by atoms with E-state index in [4.69, 9.17) is 18.4 Å². The number of nitrogens with zero attached hydrogens (tertiary/aromatic N) is 1. The van der Waals surface area contributed by atoms with Crippen molar-refractivity contribution in [3.05, 3.63) is 0 Å². The van der Waals surface area contributed by atoms with E-state index in [1.165, 1.54) is 20.8 Å². The van der Waals surface area contributed by atoms with Gasteiger partial charge in [-0.1, -0.05) is 0 Å². The zero-order valence-corrected chi connectivity index (χ0v) is 22.7. The van der Waals surface area contributed by atoms with Crippen molar-refractivity contribution < 1.29 is 85.0 Å². The van der Waals surface area contributed by atoms with E-state index in [-0.39, 0.29) is 19.8 Å². The molecule has 0 aliphatic carbocycles. The van der Waals surface area contributed by atoms with Gasteiger partial charge in [0.05, 0.1) is 0 Å². The number of aliphatic carboxylic acids is 1. The van der Waals surface area contributed by atoms with Gasteiger partial charge in [-0.25, -0.2) is 4.39 Å². The minimum absolute atomic E-state index is 0.156. The maximum atomic E-state index is 15.5. The van der Waals surface area contributed by atoms with Gasteiger partial charge in [0, 0.05) is 45.3 Å². The summed E-state index contributed by atoms with van der Waals surface area (Å²) in [6.07, 6.45) is -19.6. The number of carbonyl (C=O) groups is 2. The minimum atomic E-state index is -8.09. The molecule has 0 radical (unpaired) electrons. The van der Waals surface area contributed by atoms with Crippen LogP contribution < -0.4 is 0 Å². The van der Waals surface area contributed by atoms with Gasteiger partial charge in [0.25, 0.3) is 0 Å². The summed E-state index contributed by atoms with van der Waals surface area (Å²) in [5, 5.41) is 8.61. The lowest BCUT2D eigenvalue weighted by molar-refractivity contribution is -0.447. The molecule has 0 aliphatic heterocycles. The van der Waals surface area contributed by atoms with Crippen molar-refractivity contribution in [1.29, 1.82) is 0 Å². The van der Waals surface area contributed by atoms with Gasteiger partial charge in [-0.3, -0.25) is 14.5 Å². The average Bonchev–Trinajstić information content (AvgIpc) is 2.79. The third-order valence-electron chi connectivity index (χ3n) is 5.35. The first-order valence-electron chi connectivity index (χ1n) is 11.8. The number of halogens is 13. The predicted octanol–water partition coefficient (Wildman–Crippen LogP) is 6.20. The van der Waals surface area contributed by atoms with Gasteiger partial charge in [0.15, 0.2) is 0 Å². The Hall–Kier alpha value is -1.87. The van der Waals surface area contributed by atoms with Crippen LogP contribution in [-0.4, -0.2) is 93.0 Å². The molecule has 1 N–H and O–H groups in total. The van der Waals surface area contributed by atoms with Gasteiger partial charge >= 0.3 is 50.7 Å². The van der Waals surface area contributed by atoms with Crippen molar-refractivity contribution in [2.24, 2.45) is 0 Å². The van der Waals surface area contributed by atoms with E-state index in [0.717, 1.165) is 0 Å². The molecule has 0 aromatic rings. The molecule has 0 aromatic carbocycles. The molecule has 0 aromatic heterocycles. The smallest absolute Gasteiger partial charge is 0.481 e. The van der Waals surface area contributed by atoms with Gasteiger partial charge < -0.3 is 18.4 Å². The number of carboxylic acids is 1. The van der Waals surface area contributed by atoms with Gasteiger partial charge in [-0.15, -0.1) is 0 Å². The number of carbonyl (C=O) groups excluding carboxylic acids is 1. The quantitative estimate of drug-likeness (QED) is 0.108. The first-order chi connectivity index (χ1) is 18.4. The van der Waals surface area contributed by atoms with Gasteiger partial charge in [-0.2, -0.15) is 52.7 Å². The lowest BCUT2D eigenvalue weighted by Crippen LogP contribution is -2.76. The summed E-state index contributed by atoms with van der Waals surface area (Å²) < 4.78 is 195. The molecule has 1 unspecified atom stereocenters. The Balaban J connectivity index is 6.98. The summed E-state index contributed by atoms with van der Waals surface area (Å²) in [6.45, 7) is 1.81. The zero-order chi connectivity index (χ0) is 32.7. The molecular weight excluding hydrogens is 625 g/mol. The van der Waals surface area contributed by atoms with Crippen molar-refractivity contribution in [3.8, 4) is 0 Å². The van der Waals surface area contributed by atoms with Crippen LogP contribution in [0.25, 0.3) is 0 Å². The number of hydrogen-bond acceptors (Lipinski definition) is 5. The number of hydrogen-bond donors (Lipinski definition) is 1. The van der Waals surface area contributed by atoms with Crippen LogP contribution in [0.2, 0.25) is 6.04 Å². The highest BCUT2D eigenvalue weighted by Crippen LogP contribution is 2.61. The van der Waals surface area contributed by atoms with Crippen LogP contribution in [0.4, 0.5) is 57.1 Å². The van der Waals surface area contributed by atoms with Gasteiger partial charge in [0.1, 0.15) is 0 Å². The summed E-state index contributed by atoms with van der Waals surface area (Å²) in [6, 6.07) is -0.684. The maximum absolute atomic E-state index is 15.5. The summed E-state index contributed by atoms with van der Waals surface area (Å²) in [7, 11) is -3.90. The van der Waals surface area contributed by atoms with E-state index in [2.05, 4.69) is 0 Å². The monoisotopic (exact) mass is 653 g/mol. The van der Waals surface area contributed by atoms with E-state index in [1.807, 2.05) is 0 Å². The van der Waals surface area contributed by atoms with Crippen LogP contribution in [0.3, 0.4) is 0 Å². The van der Waals surface area contributed by atoms with Crippen LogP contribution in [0, 0.1) is 0 Å². The Kier molecular flexibility index (Phi) is 13.4. The molecule has 7 nitrogen and oxygen atoms in total. The lowest BCUT2D eigenvalue weighted by Gasteiger charge is -2.46. The Morgan fingerprint density at radius 1 is 0.659 bits per heavy atom. The van der Waals surface area contributed by atoms with Gasteiger partial charge in [0.2, 0.25) is 5.91 Å². The van der Waals surface area contributed by atoms with E-state index in [1.54, 1.807) is 0 Å². The normalized spacial score (nSPS) is 15.5. The molecule has 1 amide bonds. The molecular formula is C20H28F13NO6Si. The van der Waals surface area contributed by atoms with Gasteiger partial charge in [-0.05, 0) is 33.6 Å². The standard InChI is InChI=1S/C20H28F13NO6Si/c1-4-38-41(39-5-2,40-6-3)12-8-11-34(13(35)9-7-10-14(36)37)18(27,20(31,32)33)16(23,24)15(21,22)17(25,26)19(28,29)30/h4-12H2,1-3H3,(H,36,37). The second-order valence-electron chi connectivity index (χ2n) is 8.22. The number of amides is 1. The van der Waals surface area contributed by atoms with Crippen molar-refractivity contribution in [3.63, 3.8) is 0 Å². The first kappa shape index (κ1) is 39.1. The van der Waals surface area contributed by atoms with E-state index >= 15 is 4.39 Å². The lowest BCUT2D eigenvalue weighted by atomic mass is 9.92. The predicted molar refractivity (Wildman–Crippen MR) is 114 cm³/mol. The first-order valence-corrected chi connectivity index (χ1v) is 13.7. The molecule has 0 bridgehead atoms. The summed E-state index contributed by atoms with van der Waals surface area (Å²) in [5.41, 5.74) is 0. The molecule has 0 saturated carbocycles. The molecule has 0 fully saturated rings. The van der Waals surface area contributed by atoms with Crippen molar-refractivity contribution in [2.75, 3.05) is 26.4 Å². The zero-order valence-electron chi connectivity index (χ0n) is 21.7. The fraction of sp³-hybridized carbons (Fsp3) is 0.900. The fourth-order valence-corrected chi connectivity index (χ4v) is 6.11. The molecule has 244 valence electrons. The largest absolute Gasteiger partial charge is 0.500 e. The van der Waals surface area contributed by atoms with E-state index in [0.29, 0.717) is 0 Å². The number of carboxylic acid groups (broad SMARTS) is 1. The fourth-order valence-electron chi connectivity index (χ4n) is 3.52. The van der Waals surface area contributed by atoms with E-state index < -0.39 is 99.8 Å². The highest BCUT2D eigenvalue weighted by atomic mass is 28.4. The molecule has 1 atom stereocenters. The molecule has 21 heteroatoms. The van der Waals surface area contributed by atoms with Crippen LogP contribution in [0.5, 0.6) is 0 Å². The van der Waals surface area contributed by atoms with Crippen LogP contribution in [0.1, 0.15) is 46.5 Å². The second kappa shape index (κ2) is 14.1. The topological polar surface area (TPSA) is 85.3 Å². The highest BCUT2D eigenvalue weighted by Gasteiger charge is 2.92. The second-order valence-corrected chi connectivity index (χ2v) is 11.0. The minimum Gasteiger partial charge on any atom is -0.481 e. The molecule has 0 spiro atoms. The molecule has 0 saturated heterocycles. The number of alkyl halides is 13. The van der Waals surface area contributed by atoms with Crippen molar-refractivity contribution in [1.82, 2.24) is 4.90 Å². The van der Waals surface area contributed by atoms with Crippen LogP contribution >= 0.6 is 0 Å². The highest BCUT2D eigenvalue weighted by molar-refractivity contribution is 6.60. The maximum Gasteiger partial charge on any atom is 0.500 e. The summed E-state index contributed by atoms with van der Waals surface area (Å²) in [5.74, 6) is -35.2. The van der Waals surface area contributed by atoms with Crippen LogP contribution in [0.15, 0.2) is 0 Å². The molecule has 0 heterocycles. The van der Waals surface area contributed by atoms with Crippen molar-refractivity contribution >= 4 is 20.7 Å². The Bertz CT molecular complexity index is 855. The van der Waals surface area contributed by atoms with Crippen LogP contribution in [-0.2, 0) is 22.9 Å². The third-order valence-corrected chi connectivity index (χ3v) is 8.50. The number of rotatable bonds is 18.